The molecule has 1 atom stereocenters. The zero-order chi connectivity index (χ0) is 24.5. The number of aryl methyl sites for hydroxylation is 1. The Hall–Kier alpha value is -3.03. The maximum atomic E-state index is 6.12. The number of hydrogen-bond acceptors (Lipinski definition) is 6. The molecule has 0 saturated carbocycles. The fourth-order valence-electron chi connectivity index (χ4n) is 4.51. The molecule has 0 N–H and O–H groups in total. The summed E-state index contributed by atoms with van der Waals surface area (Å²) in [6.45, 7) is 6.73. The number of likely N-dealkylation sites (tertiary alicyclic amines) is 1. The van der Waals surface area contributed by atoms with Crippen LogP contribution in [0.3, 0.4) is 0 Å². The minimum Gasteiger partial charge on any atom is -0.493 e. The van der Waals surface area contributed by atoms with E-state index in [1.807, 2.05) is 42.3 Å². The Balaban J connectivity index is 1.31. The molecule has 3 aromatic rings. The van der Waals surface area contributed by atoms with Crippen LogP contribution in [0.5, 0.6) is 17.2 Å². The third-order valence-corrected chi connectivity index (χ3v) is 6.72. The zero-order valence-electron chi connectivity index (χ0n) is 21.1. The molecule has 2 heterocycles. The second-order valence-electron chi connectivity index (χ2n) is 9.22. The highest BCUT2D eigenvalue weighted by Crippen LogP contribution is 2.31. The average molecular weight is 480 g/mol. The summed E-state index contributed by atoms with van der Waals surface area (Å²) in [6.07, 6.45) is 6.68. The lowest BCUT2D eigenvalue weighted by Gasteiger charge is -2.31. The number of ether oxygens (including phenoxy) is 4. The van der Waals surface area contributed by atoms with Crippen molar-refractivity contribution in [2.75, 3.05) is 40.5 Å². The number of benzene rings is 2. The molecule has 1 aliphatic heterocycles. The first-order valence-electron chi connectivity index (χ1n) is 12.3. The Morgan fingerprint density at radius 2 is 1.83 bits per heavy atom. The average Bonchev–Trinajstić information content (AvgIpc) is 3.32. The van der Waals surface area contributed by atoms with Gasteiger partial charge in [-0.1, -0.05) is 23.8 Å². The molecule has 1 aromatic heterocycles. The third-order valence-electron chi connectivity index (χ3n) is 6.72. The minimum atomic E-state index is -0.260. The van der Waals surface area contributed by atoms with Crippen molar-refractivity contribution in [2.24, 2.45) is 0 Å². The van der Waals surface area contributed by atoms with Gasteiger partial charge in [0.05, 0.1) is 13.7 Å². The summed E-state index contributed by atoms with van der Waals surface area (Å²) in [5.74, 6) is 2.41. The van der Waals surface area contributed by atoms with Gasteiger partial charge in [-0.3, -0.25) is 9.58 Å². The maximum absolute atomic E-state index is 6.12. The summed E-state index contributed by atoms with van der Waals surface area (Å²) < 4.78 is 25.6. The van der Waals surface area contributed by atoms with Crippen LogP contribution in [0.25, 0.3) is 0 Å². The monoisotopic (exact) mass is 479 g/mol. The number of nitrogens with zero attached hydrogens (tertiary/aromatic N) is 3. The van der Waals surface area contributed by atoms with E-state index in [9.17, 15) is 0 Å². The Morgan fingerprint density at radius 3 is 2.57 bits per heavy atom. The number of methoxy groups -OCH3 is 2. The quantitative estimate of drug-likeness (QED) is 0.396. The van der Waals surface area contributed by atoms with E-state index in [2.05, 4.69) is 41.2 Å². The predicted octanol–water partition coefficient (Wildman–Crippen LogP) is 4.73. The highest BCUT2D eigenvalue weighted by molar-refractivity contribution is 5.43. The summed E-state index contributed by atoms with van der Waals surface area (Å²) in [4.78, 5) is 2.49. The van der Waals surface area contributed by atoms with Crippen LogP contribution in [-0.2, 0) is 17.8 Å². The molecule has 1 fully saturated rings. The Labute approximate surface area is 208 Å². The lowest BCUT2D eigenvalue weighted by molar-refractivity contribution is -0.0541. The fraction of sp³-hybridized carbons (Fsp3) is 0.464. The molecule has 1 saturated heterocycles. The smallest absolute Gasteiger partial charge is 0.161 e. The lowest BCUT2D eigenvalue weighted by Crippen LogP contribution is -2.39. The van der Waals surface area contributed by atoms with Gasteiger partial charge in [-0.15, -0.1) is 0 Å². The first kappa shape index (κ1) is 25.1. The lowest BCUT2D eigenvalue weighted by atomic mass is 9.95. The highest BCUT2D eigenvalue weighted by atomic mass is 16.5. The molecule has 7 heteroatoms. The van der Waals surface area contributed by atoms with Crippen molar-refractivity contribution >= 4 is 0 Å². The summed E-state index contributed by atoms with van der Waals surface area (Å²) in [5.41, 5.74) is 2.18. The highest BCUT2D eigenvalue weighted by Gasteiger charge is 2.33. The standard InChI is InChI=1S/C28H37N3O4/c1-23-6-9-25(10-7-23)35-22-28(33-3)12-4-15-30(17-13-28)21-24-8-11-26(27(20-24)32-2)34-19-18-31-16-5-14-29-31/h5-11,14,16,20H,4,12-13,15,17-19,21-22H2,1-3H3/t28-/m1/s1. The van der Waals surface area contributed by atoms with Gasteiger partial charge in [0.2, 0.25) is 0 Å². The van der Waals surface area contributed by atoms with Gasteiger partial charge in [-0.05, 0) is 68.6 Å². The Morgan fingerprint density at radius 1 is 0.971 bits per heavy atom. The summed E-state index contributed by atoms with van der Waals surface area (Å²) >= 11 is 0. The van der Waals surface area contributed by atoms with Gasteiger partial charge in [0.15, 0.2) is 11.5 Å². The molecule has 7 nitrogen and oxygen atoms in total. The van der Waals surface area contributed by atoms with Gasteiger partial charge < -0.3 is 18.9 Å². The van der Waals surface area contributed by atoms with E-state index in [-0.39, 0.29) is 5.60 Å². The predicted molar refractivity (Wildman–Crippen MR) is 136 cm³/mol. The number of rotatable bonds is 11. The van der Waals surface area contributed by atoms with Crippen molar-refractivity contribution in [1.82, 2.24) is 14.7 Å². The SMILES string of the molecule is COc1cc(CN2CCC[C@@](COc3ccc(C)cc3)(OC)CC2)ccc1OCCn1cccn1. The van der Waals surface area contributed by atoms with Gasteiger partial charge in [0.25, 0.3) is 0 Å². The van der Waals surface area contributed by atoms with Crippen molar-refractivity contribution in [3.63, 3.8) is 0 Å². The molecular formula is C28H37N3O4. The topological polar surface area (TPSA) is 58.0 Å². The molecule has 0 spiro atoms. The summed E-state index contributed by atoms with van der Waals surface area (Å²) in [5, 5.41) is 4.21. The minimum absolute atomic E-state index is 0.260. The molecule has 0 unspecified atom stereocenters. The van der Waals surface area contributed by atoms with E-state index < -0.39 is 0 Å². The van der Waals surface area contributed by atoms with Gasteiger partial charge in [-0.2, -0.15) is 5.10 Å². The van der Waals surface area contributed by atoms with Crippen LogP contribution in [0.1, 0.15) is 30.4 Å². The normalized spacial score (nSPS) is 18.7. The van der Waals surface area contributed by atoms with E-state index in [1.165, 1.54) is 11.1 Å². The number of aromatic nitrogens is 2. The largest absolute Gasteiger partial charge is 0.493 e. The third kappa shape index (κ3) is 6.99. The second-order valence-corrected chi connectivity index (χ2v) is 9.22. The van der Waals surface area contributed by atoms with Crippen LogP contribution in [0, 0.1) is 6.92 Å². The van der Waals surface area contributed by atoms with Crippen LogP contribution < -0.4 is 14.2 Å². The zero-order valence-corrected chi connectivity index (χ0v) is 21.1. The van der Waals surface area contributed by atoms with Crippen molar-refractivity contribution in [3.8, 4) is 17.2 Å². The van der Waals surface area contributed by atoms with Crippen molar-refractivity contribution in [2.45, 2.75) is 44.9 Å². The molecule has 0 bridgehead atoms. The molecule has 0 radical (unpaired) electrons. The summed E-state index contributed by atoms with van der Waals surface area (Å²) in [7, 11) is 3.50. The molecule has 0 aliphatic carbocycles. The molecule has 0 amide bonds. The van der Waals surface area contributed by atoms with Gasteiger partial charge >= 0.3 is 0 Å². The second kappa shape index (κ2) is 12.1. The van der Waals surface area contributed by atoms with Crippen molar-refractivity contribution in [3.05, 3.63) is 72.1 Å². The van der Waals surface area contributed by atoms with E-state index >= 15 is 0 Å². The van der Waals surface area contributed by atoms with Crippen LogP contribution in [0.15, 0.2) is 60.9 Å². The van der Waals surface area contributed by atoms with Crippen LogP contribution in [-0.4, -0.2) is 60.8 Å². The Kier molecular flexibility index (Phi) is 8.66. The van der Waals surface area contributed by atoms with Crippen LogP contribution in [0.4, 0.5) is 0 Å². The molecule has 1 aliphatic rings. The van der Waals surface area contributed by atoms with E-state index in [0.717, 1.165) is 56.1 Å². The van der Waals surface area contributed by atoms with E-state index in [0.29, 0.717) is 19.8 Å². The maximum Gasteiger partial charge on any atom is 0.161 e. The summed E-state index contributed by atoms with van der Waals surface area (Å²) in [6, 6.07) is 16.3. The number of hydrogen-bond donors (Lipinski definition) is 0. The first-order chi connectivity index (χ1) is 17.1. The first-order valence-corrected chi connectivity index (χ1v) is 12.3. The van der Waals surface area contributed by atoms with Crippen LogP contribution in [0.2, 0.25) is 0 Å². The van der Waals surface area contributed by atoms with Crippen molar-refractivity contribution < 1.29 is 18.9 Å². The molecule has 35 heavy (non-hydrogen) atoms. The molecular weight excluding hydrogens is 442 g/mol. The van der Waals surface area contributed by atoms with Gasteiger partial charge in [-0.25, -0.2) is 0 Å². The van der Waals surface area contributed by atoms with Gasteiger partial charge in [0, 0.05) is 32.6 Å². The molecule has 2 aromatic carbocycles. The van der Waals surface area contributed by atoms with E-state index in [4.69, 9.17) is 18.9 Å². The Bertz CT molecular complexity index is 1040. The van der Waals surface area contributed by atoms with Crippen LogP contribution >= 0.6 is 0 Å². The molecule has 188 valence electrons. The van der Waals surface area contributed by atoms with E-state index in [1.54, 1.807) is 13.3 Å². The molecule has 4 rings (SSSR count). The fourth-order valence-corrected chi connectivity index (χ4v) is 4.51. The van der Waals surface area contributed by atoms with Gasteiger partial charge in [0.1, 0.15) is 24.6 Å². The van der Waals surface area contributed by atoms with Crippen molar-refractivity contribution in [1.29, 1.82) is 0 Å².